The van der Waals surface area contributed by atoms with Crippen LogP contribution in [0.4, 0.5) is 0 Å². The lowest BCUT2D eigenvalue weighted by atomic mass is 9.99. The van der Waals surface area contributed by atoms with Crippen molar-refractivity contribution in [1.29, 1.82) is 0 Å². The van der Waals surface area contributed by atoms with Gasteiger partial charge in [-0.2, -0.15) is 0 Å². The molecule has 0 fully saturated rings. The second-order valence-corrected chi connectivity index (χ2v) is 13.8. The normalized spacial score (nSPS) is 11.7. The summed E-state index contributed by atoms with van der Waals surface area (Å²) in [6.07, 6.45) is 0. The molecule has 0 atom stereocenters. The number of hydrogen-bond donors (Lipinski definition) is 0. The zero-order chi connectivity index (χ0) is 35.6. The number of nitrogens with zero attached hydrogens (tertiary/aromatic N) is 4. The van der Waals surface area contributed by atoms with Gasteiger partial charge >= 0.3 is 0 Å². The van der Waals surface area contributed by atoms with Gasteiger partial charge in [-0.15, -0.1) is 0 Å². The van der Waals surface area contributed by atoms with Crippen LogP contribution in [0, 0.1) is 0 Å². The summed E-state index contributed by atoms with van der Waals surface area (Å²) >= 11 is 0. The molecule has 11 rings (SSSR count). The summed E-state index contributed by atoms with van der Waals surface area (Å²) in [4.78, 5) is 10.5. The van der Waals surface area contributed by atoms with Crippen LogP contribution in [0.2, 0.25) is 0 Å². The van der Waals surface area contributed by atoms with Gasteiger partial charge in [-0.3, -0.25) is 4.57 Å². The molecule has 54 heavy (non-hydrogen) atoms. The van der Waals surface area contributed by atoms with Crippen molar-refractivity contribution in [3.8, 4) is 45.1 Å². The fourth-order valence-corrected chi connectivity index (χ4v) is 8.22. The van der Waals surface area contributed by atoms with E-state index in [4.69, 9.17) is 9.97 Å². The third-order valence-corrected chi connectivity index (χ3v) is 10.7. The standard InChI is InChI=1S/C50H32N4/c1-4-14-33(15-5-1)35-24-28-47-42(30-35)43-32-37(36-25-27-46-41(31-36)39-20-11-13-23-45(39)53(46)38-18-8-3-9-19-38)26-29-48(43)54(47)50-51-44-22-12-10-21-40(44)49(52-50)34-16-6-2-7-17-34/h1-32H. The number of para-hydroxylation sites is 3. The van der Waals surface area contributed by atoms with Crippen molar-refractivity contribution in [1.82, 2.24) is 19.1 Å². The molecule has 0 unspecified atom stereocenters. The molecule has 0 aliphatic rings. The Kier molecular flexibility index (Phi) is 6.82. The number of aromatic nitrogens is 4. The number of hydrogen-bond acceptors (Lipinski definition) is 2. The molecule has 0 aliphatic heterocycles. The first-order valence-corrected chi connectivity index (χ1v) is 18.3. The summed E-state index contributed by atoms with van der Waals surface area (Å²) in [6.45, 7) is 0. The molecule has 0 aliphatic carbocycles. The molecule has 252 valence electrons. The summed E-state index contributed by atoms with van der Waals surface area (Å²) < 4.78 is 4.60. The van der Waals surface area contributed by atoms with Crippen LogP contribution < -0.4 is 0 Å². The molecule has 11 aromatic rings. The highest BCUT2D eigenvalue weighted by molar-refractivity contribution is 6.13. The number of rotatable bonds is 5. The van der Waals surface area contributed by atoms with Crippen LogP contribution in [0.15, 0.2) is 194 Å². The van der Waals surface area contributed by atoms with Crippen LogP contribution in [0.5, 0.6) is 0 Å². The molecule has 0 spiro atoms. The Labute approximate surface area is 311 Å². The van der Waals surface area contributed by atoms with Crippen LogP contribution in [0.25, 0.3) is 99.7 Å². The lowest BCUT2D eigenvalue weighted by Gasteiger charge is -2.12. The Bertz CT molecular complexity index is 3200. The Hall–Kier alpha value is -7.30. The Morgan fingerprint density at radius 3 is 1.41 bits per heavy atom. The van der Waals surface area contributed by atoms with Crippen molar-refractivity contribution in [2.24, 2.45) is 0 Å². The average Bonchev–Trinajstić information content (AvgIpc) is 3.76. The first kappa shape index (κ1) is 30.3. The third-order valence-electron chi connectivity index (χ3n) is 10.7. The maximum atomic E-state index is 5.31. The zero-order valence-electron chi connectivity index (χ0n) is 29.3. The minimum atomic E-state index is 0.655. The van der Waals surface area contributed by atoms with Gasteiger partial charge in [0.25, 0.3) is 0 Å². The maximum absolute atomic E-state index is 5.31. The Balaban J connectivity index is 1.15. The van der Waals surface area contributed by atoms with E-state index < -0.39 is 0 Å². The van der Waals surface area contributed by atoms with E-state index in [0.717, 1.165) is 55.2 Å². The number of fused-ring (bicyclic) bond motifs is 7. The summed E-state index contributed by atoms with van der Waals surface area (Å²) in [5.41, 5.74) is 13.3. The maximum Gasteiger partial charge on any atom is 0.235 e. The predicted molar refractivity (Wildman–Crippen MR) is 225 cm³/mol. The molecular formula is C50H32N4. The van der Waals surface area contributed by atoms with Crippen LogP contribution >= 0.6 is 0 Å². The van der Waals surface area contributed by atoms with Gasteiger partial charge in [0, 0.05) is 38.2 Å². The summed E-state index contributed by atoms with van der Waals surface area (Å²) in [7, 11) is 0. The smallest absolute Gasteiger partial charge is 0.235 e. The summed E-state index contributed by atoms with van der Waals surface area (Å²) in [5.74, 6) is 0.655. The zero-order valence-corrected chi connectivity index (χ0v) is 29.3. The average molecular weight is 689 g/mol. The number of benzene rings is 8. The van der Waals surface area contributed by atoms with Crippen LogP contribution in [-0.2, 0) is 0 Å². The first-order chi connectivity index (χ1) is 26.8. The van der Waals surface area contributed by atoms with E-state index in [1.165, 1.54) is 38.5 Å². The minimum Gasteiger partial charge on any atom is -0.309 e. The molecule has 8 aromatic carbocycles. The highest BCUT2D eigenvalue weighted by Crippen LogP contribution is 2.40. The van der Waals surface area contributed by atoms with Gasteiger partial charge in [-0.1, -0.05) is 133 Å². The minimum absolute atomic E-state index is 0.655. The van der Waals surface area contributed by atoms with Crippen molar-refractivity contribution in [2.45, 2.75) is 0 Å². The quantitative estimate of drug-likeness (QED) is 0.180. The molecule has 3 aromatic heterocycles. The summed E-state index contributed by atoms with van der Waals surface area (Å²) in [5, 5.41) is 5.83. The Morgan fingerprint density at radius 2 is 0.759 bits per heavy atom. The lowest BCUT2D eigenvalue weighted by Crippen LogP contribution is -2.03. The van der Waals surface area contributed by atoms with E-state index in [0.29, 0.717) is 5.95 Å². The fourth-order valence-electron chi connectivity index (χ4n) is 8.22. The molecule has 0 amide bonds. The van der Waals surface area contributed by atoms with E-state index in [1.807, 2.05) is 12.1 Å². The van der Waals surface area contributed by atoms with Crippen molar-refractivity contribution in [3.63, 3.8) is 0 Å². The molecule has 4 heteroatoms. The van der Waals surface area contributed by atoms with Gasteiger partial charge in [0.05, 0.1) is 33.3 Å². The van der Waals surface area contributed by atoms with Crippen LogP contribution in [0.3, 0.4) is 0 Å². The second kappa shape index (κ2) is 12.1. The molecule has 3 heterocycles. The van der Waals surface area contributed by atoms with Gasteiger partial charge in [0.15, 0.2) is 0 Å². The van der Waals surface area contributed by atoms with E-state index in [9.17, 15) is 0 Å². The molecule has 0 bridgehead atoms. The van der Waals surface area contributed by atoms with E-state index in [1.54, 1.807) is 0 Å². The van der Waals surface area contributed by atoms with Gasteiger partial charge in [0.2, 0.25) is 5.95 Å². The van der Waals surface area contributed by atoms with Crippen LogP contribution in [-0.4, -0.2) is 19.1 Å². The molecule has 4 nitrogen and oxygen atoms in total. The van der Waals surface area contributed by atoms with Crippen molar-refractivity contribution in [2.75, 3.05) is 0 Å². The Morgan fingerprint density at radius 1 is 0.296 bits per heavy atom. The van der Waals surface area contributed by atoms with Crippen molar-refractivity contribution < 1.29 is 0 Å². The summed E-state index contributed by atoms with van der Waals surface area (Å²) in [6, 6.07) is 69.1. The van der Waals surface area contributed by atoms with E-state index >= 15 is 0 Å². The lowest BCUT2D eigenvalue weighted by molar-refractivity contribution is 1.01. The van der Waals surface area contributed by atoms with Gasteiger partial charge < -0.3 is 4.57 Å². The fraction of sp³-hybridized carbons (Fsp3) is 0. The highest BCUT2D eigenvalue weighted by atomic mass is 15.2. The van der Waals surface area contributed by atoms with E-state index in [-0.39, 0.29) is 0 Å². The molecule has 0 N–H and O–H groups in total. The molecular weight excluding hydrogens is 657 g/mol. The monoisotopic (exact) mass is 688 g/mol. The van der Waals surface area contributed by atoms with Crippen molar-refractivity contribution in [3.05, 3.63) is 194 Å². The van der Waals surface area contributed by atoms with Gasteiger partial charge in [-0.05, 0) is 82.9 Å². The predicted octanol–water partition coefficient (Wildman–Crippen LogP) is 12.8. The van der Waals surface area contributed by atoms with E-state index in [2.05, 4.69) is 191 Å². The SMILES string of the molecule is c1ccc(-c2ccc3c(c2)c2cc(-c4ccc5c(c4)c4ccccc4n5-c4ccccc4)ccc2n3-c2nc(-c3ccccc3)c3ccccc3n2)cc1. The molecule has 0 saturated heterocycles. The highest BCUT2D eigenvalue weighted by Gasteiger charge is 2.19. The van der Waals surface area contributed by atoms with Gasteiger partial charge in [0.1, 0.15) is 0 Å². The van der Waals surface area contributed by atoms with Crippen molar-refractivity contribution >= 4 is 54.5 Å². The molecule has 0 radical (unpaired) electrons. The second-order valence-electron chi connectivity index (χ2n) is 13.8. The van der Waals surface area contributed by atoms with Crippen LogP contribution in [0.1, 0.15) is 0 Å². The largest absolute Gasteiger partial charge is 0.309 e. The van der Waals surface area contributed by atoms with Gasteiger partial charge in [-0.25, -0.2) is 9.97 Å². The topological polar surface area (TPSA) is 35.6 Å². The third kappa shape index (κ3) is 4.78. The molecule has 0 saturated carbocycles. The first-order valence-electron chi connectivity index (χ1n) is 18.3.